The number of halogens is 2. The van der Waals surface area contributed by atoms with Crippen molar-refractivity contribution in [2.75, 3.05) is 11.9 Å². The van der Waals surface area contributed by atoms with Gasteiger partial charge in [0.1, 0.15) is 0 Å². The van der Waals surface area contributed by atoms with Gasteiger partial charge in [-0.25, -0.2) is 0 Å². The highest BCUT2D eigenvalue weighted by molar-refractivity contribution is 6.44. The van der Waals surface area contributed by atoms with Crippen molar-refractivity contribution in [2.24, 2.45) is 0 Å². The first-order valence-corrected chi connectivity index (χ1v) is 9.24. The summed E-state index contributed by atoms with van der Waals surface area (Å²) in [5.74, 6) is -0.883. The van der Waals surface area contributed by atoms with Gasteiger partial charge in [0.2, 0.25) is 0 Å². The Bertz CT molecular complexity index is 969. The van der Waals surface area contributed by atoms with Gasteiger partial charge < -0.3 is 15.0 Å². The third-order valence-corrected chi connectivity index (χ3v) is 4.91. The second kappa shape index (κ2) is 8.93. The van der Waals surface area contributed by atoms with Crippen molar-refractivity contribution in [2.45, 2.75) is 19.3 Å². The molecule has 0 saturated heterocycles. The van der Waals surface area contributed by atoms with E-state index in [9.17, 15) is 9.59 Å². The Kier molecular flexibility index (Phi) is 6.37. The number of ether oxygens (including phenoxy) is 1. The third-order valence-electron chi connectivity index (χ3n) is 4.09. The summed E-state index contributed by atoms with van der Waals surface area (Å²) >= 11 is 11.9. The monoisotopic (exact) mass is 404 g/mol. The number of esters is 1. The van der Waals surface area contributed by atoms with Gasteiger partial charge >= 0.3 is 5.97 Å². The van der Waals surface area contributed by atoms with Crippen LogP contribution in [-0.2, 0) is 20.7 Å². The van der Waals surface area contributed by atoms with Gasteiger partial charge in [0.25, 0.3) is 5.91 Å². The number of carbonyl (C=O) groups excluding carboxylic acids is 2. The lowest BCUT2D eigenvalue weighted by Crippen LogP contribution is -2.21. The van der Waals surface area contributed by atoms with Gasteiger partial charge in [0.15, 0.2) is 6.61 Å². The maximum absolute atomic E-state index is 11.9. The number of aromatic amines is 1. The lowest BCUT2D eigenvalue weighted by molar-refractivity contribution is -0.147. The number of H-pyrrole nitrogens is 1. The summed E-state index contributed by atoms with van der Waals surface area (Å²) in [7, 11) is 0. The highest BCUT2D eigenvalue weighted by atomic mass is 35.5. The Morgan fingerprint density at radius 2 is 1.89 bits per heavy atom. The summed E-state index contributed by atoms with van der Waals surface area (Å²) in [5.41, 5.74) is 2.61. The molecule has 0 unspecified atom stereocenters. The van der Waals surface area contributed by atoms with Crippen LogP contribution in [0.2, 0.25) is 10.0 Å². The summed E-state index contributed by atoms with van der Waals surface area (Å²) in [4.78, 5) is 27.0. The summed E-state index contributed by atoms with van der Waals surface area (Å²) in [6, 6.07) is 12.9. The maximum atomic E-state index is 11.9. The molecule has 1 heterocycles. The van der Waals surface area contributed by atoms with Crippen molar-refractivity contribution in [3.63, 3.8) is 0 Å². The van der Waals surface area contributed by atoms with Crippen LogP contribution >= 0.6 is 23.2 Å². The number of nitrogens with one attached hydrogen (secondary N) is 2. The van der Waals surface area contributed by atoms with E-state index in [1.807, 2.05) is 30.5 Å². The Morgan fingerprint density at radius 3 is 2.74 bits per heavy atom. The van der Waals surface area contributed by atoms with E-state index in [1.54, 1.807) is 18.2 Å². The van der Waals surface area contributed by atoms with Gasteiger partial charge in [-0.05, 0) is 36.6 Å². The molecular weight excluding hydrogens is 387 g/mol. The topological polar surface area (TPSA) is 71.2 Å². The second-order valence-corrected chi connectivity index (χ2v) is 6.81. The van der Waals surface area contributed by atoms with Crippen LogP contribution in [0.1, 0.15) is 18.4 Å². The smallest absolute Gasteiger partial charge is 0.306 e. The molecule has 0 aliphatic carbocycles. The van der Waals surface area contributed by atoms with Gasteiger partial charge in [-0.15, -0.1) is 0 Å². The molecule has 2 aromatic carbocycles. The van der Waals surface area contributed by atoms with Crippen LogP contribution < -0.4 is 5.32 Å². The van der Waals surface area contributed by atoms with Gasteiger partial charge in [0, 0.05) is 23.5 Å². The fraction of sp³-hybridized carbons (Fsp3) is 0.200. The standard InChI is InChI=1S/C20H18Cl2N2O3/c21-15-7-4-9-17(20(15)22)24-18(25)12-27-19(26)10-3-5-13-11-23-16-8-2-1-6-14(13)16/h1-2,4,6-9,11,23H,3,5,10,12H2,(H,24,25). The third kappa shape index (κ3) is 5.02. The minimum absolute atomic E-state index is 0.241. The van der Waals surface area contributed by atoms with Gasteiger partial charge in [-0.3, -0.25) is 9.59 Å². The number of hydrogen-bond acceptors (Lipinski definition) is 3. The number of rotatable bonds is 7. The maximum Gasteiger partial charge on any atom is 0.306 e. The first-order chi connectivity index (χ1) is 13.0. The number of carbonyl (C=O) groups is 2. The number of hydrogen-bond donors (Lipinski definition) is 2. The summed E-state index contributed by atoms with van der Waals surface area (Å²) in [5, 5.41) is 4.31. The number of benzene rings is 2. The Balaban J connectivity index is 1.42. The van der Waals surface area contributed by atoms with E-state index >= 15 is 0 Å². The molecule has 3 rings (SSSR count). The van der Waals surface area contributed by atoms with Gasteiger partial charge in [0.05, 0.1) is 15.7 Å². The first-order valence-electron chi connectivity index (χ1n) is 8.49. The van der Waals surface area contributed by atoms with E-state index in [-0.39, 0.29) is 18.1 Å². The van der Waals surface area contributed by atoms with Crippen LogP contribution in [0.3, 0.4) is 0 Å². The average molecular weight is 405 g/mol. The van der Waals surface area contributed by atoms with Gasteiger partial charge in [-0.1, -0.05) is 47.5 Å². The van der Waals surface area contributed by atoms with Crippen LogP contribution in [-0.4, -0.2) is 23.5 Å². The van der Waals surface area contributed by atoms with Crippen LogP contribution in [0.25, 0.3) is 10.9 Å². The molecule has 0 fully saturated rings. The second-order valence-electron chi connectivity index (χ2n) is 6.02. The molecule has 0 radical (unpaired) electrons. The number of fused-ring (bicyclic) bond motifs is 1. The summed E-state index contributed by atoms with van der Waals surface area (Å²) in [6.07, 6.45) is 3.59. The molecule has 27 heavy (non-hydrogen) atoms. The zero-order valence-electron chi connectivity index (χ0n) is 14.4. The minimum Gasteiger partial charge on any atom is -0.456 e. The number of aryl methyl sites for hydroxylation is 1. The van der Waals surface area contributed by atoms with Crippen LogP contribution in [0.5, 0.6) is 0 Å². The van der Waals surface area contributed by atoms with Crippen LogP contribution in [0.4, 0.5) is 5.69 Å². The number of amides is 1. The fourth-order valence-electron chi connectivity index (χ4n) is 2.77. The lowest BCUT2D eigenvalue weighted by atomic mass is 10.1. The van der Waals surface area contributed by atoms with E-state index < -0.39 is 11.9 Å². The van der Waals surface area contributed by atoms with Crippen molar-refractivity contribution in [3.05, 3.63) is 64.3 Å². The van der Waals surface area contributed by atoms with Crippen LogP contribution in [0.15, 0.2) is 48.7 Å². The zero-order valence-corrected chi connectivity index (χ0v) is 15.9. The molecule has 0 bridgehead atoms. The number of aromatic nitrogens is 1. The molecule has 0 saturated carbocycles. The van der Waals surface area contributed by atoms with E-state index in [4.69, 9.17) is 27.9 Å². The van der Waals surface area contributed by atoms with Crippen LogP contribution in [0, 0.1) is 0 Å². The molecular formula is C20H18Cl2N2O3. The molecule has 0 aliphatic heterocycles. The SMILES string of the molecule is O=C(COC(=O)CCCc1c[nH]c2ccccc12)Nc1cccc(Cl)c1Cl. The molecule has 1 aromatic heterocycles. The molecule has 5 nitrogen and oxygen atoms in total. The van der Waals surface area contributed by atoms with E-state index in [1.165, 1.54) is 0 Å². The largest absolute Gasteiger partial charge is 0.456 e. The highest BCUT2D eigenvalue weighted by Crippen LogP contribution is 2.29. The quantitative estimate of drug-likeness (QED) is 0.545. The molecule has 1 amide bonds. The molecule has 0 spiro atoms. The van der Waals surface area contributed by atoms with Crippen molar-refractivity contribution >= 4 is 51.7 Å². The molecule has 7 heteroatoms. The van der Waals surface area contributed by atoms with E-state index in [2.05, 4.69) is 10.3 Å². The predicted octanol–water partition coefficient (Wildman–Crippen LogP) is 4.98. The van der Waals surface area contributed by atoms with Gasteiger partial charge in [-0.2, -0.15) is 0 Å². The molecule has 2 N–H and O–H groups in total. The lowest BCUT2D eigenvalue weighted by Gasteiger charge is -2.08. The van der Waals surface area contributed by atoms with Crippen molar-refractivity contribution < 1.29 is 14.3 Å². The van der Waals surface area contributed by atoms with Crippen molar-refractivity contribution in [3.8, 4) is 0 Å². The Morgan fingerprint density at radius 1 is 1.07 bits per heavy atom. The average Bonchev–Trinajstić information content (AvgIpc) is 3.07. The molecule has 3 aromatic rings. The Hall–Kier alpha value is -2.50. The Labute approximate surface area is 166 Å². The fourth-order valence-corrected chi connectivity index (χ4v) is 3.11. The highest BCUT2D eigenvalue weighted by Gasteiger charge is 2.11. The van der Waals surface area contributed by atoms with E-state index in [0.29, 0.717) is 17.1 Å². The predicted molar refractivity (Wildman–Crippen MR) is 107 cm³/mol. The zero-order chi connectivity index (χ0) is 19.2. The number of para-hydroxylation sites is 1. The van der Waals surface area contributed by atoms with Crippen molar-refractivity contribution in [1.82, 2.24) is 4.98 Å². The van der Waals surface area contributed by atoms with Crippen molar-refractivity contribution in [1.29, 1.82) is 0 Å². The van der Waals surface area contributed by atoms with E-state index in [0.717, 1.165) is 22.9 Å². The summed E-state index contributed by atoms with van der Waals surface area (Å²) in [6.45, 7) is -0.366. The molecule has 0 atom stereocenters. The minimum atomic E-state index is -0.468. The summed E-state index contributed by atoms with van der Waals surface area (Å²) < 4.78 is 5.02. The normalized spacial score (nSPS) is 10.7. The first kappa shape index (κ1) is 19.3. The molecule has 0 aliphatic rings. The number of anilines is 1. The molecule has 140 valence electrons.